The van der Waals surface area contributed by atoms with Crippen LogP contribution in [0.5, 0.6) is 0 Å². The van der Waals surface area contributed by atoms with E-state index in [1.807, 2.05) is 36.4 Å². The number of hydrogen-bond acceptors (Lipinski definition) is 4. The van der Waals surface area contributed by atoms with Gasteiger partial charge in [0.15, 0.2) is 5.78 Å². The van der Waals surface area contributed by atoms with E-state index in [9.17, 15) is 9.59 Å². The van der Waals surface area contributed by atoms with Gasteiger partial charge in [-0.15, -0.1) is 0 Å². The van der Waals surface area contributed by atoms with Crippen molar-refractivity contribution in [3.63, 3.8) is 0 Å². The maximum absolute atomic E-state index is 12.9. The number of aromatic nitrogens is 3. The summed E-state index contributed by atoms with van der Waals surface area (Å²) in [6, 6.07) is 21.9. The molecule has 0 unspecified atom stereocenters. The number of rotatable bonds is 7. The summed E-state index contributed by atoms with van der Waals surface area (Å²) < 4.78 is 2.64. The summed E-state index contributed by atoms with van der Waals surface area (Å²) in [5.41, 5.74) is 3.33. The van der Waals surface area contributed by atoms with Crippen molar-refractivity contribution < 1.29 is 9.59 Å². The average Bonchev–Trinajstić information content (AvgIpc) is 3.31. The molecule has 7 heteroatoms. The summed E-state index contributed by atoms with van der Waals surface area (Å²) >= 11 is 3.37. The second kappa shape index (κ2) is 9.49. The van der Waals surface area contributed by atoms with Crippen LogP contribution in [0.1, 0.15) is 37.4 Å². The first kappa shape index (κ1) is 20.7. The van der Waals surface area contributed by atoms with Crippen molar-refractivity contribution in [3.05, 3.63) is 118 Å². The maximum atomic E-state index is 12.9. The highest BCUT2D eigenvalue weighted by Gasteiger charge is 2.17. The Balaban J connectivity index is 1.43. The predicted octanol–water partition coefficient (Wildman–Crippen LogP) is 4.25. The third-order valence-electron chi connectivity index (χ3n) is 4.81. The van der Waals surface area contributed by atoms with E-state index in [1.165, 1.54) is 6.33 Å². The zero-order chi connectivity index (χ0) is 21.6. The van der Waals surface area contributed by atoms with Crippen LogP contribution >= 0.6 is 15.9 Å². The summed E-state index contributed by atoms with van der Waals surface area (Å²) in [6.07, 6.45) is 3.17. The van der Waals surface area contributed by atoms with Crippen molar-refractivity contribution in [2.24, 2.45) is 0 Å². The lowest BCUT2D eigenvalue weighted by atomic mass is 9.98. The van der Waals surface area contributed by atoms with Crippen LogP contribution < -0.4 is 5.32 Å². The smallest absolute Gasteiger partial charge is 0.252 e. The monoisotopic (exact) mass is 474 g/mol. The Labute approximate surface area is 188 Å². The molecule has 0 radical (unpaired) electrons. The van der Waals surface area contributed by atoms with Crippen LogP contribution in [0.25, 0.3) is 0 Å². The van der Waals surface area contributed by atoms with Gasteiger partial charge in [-0.05, 0) is 41.5 Å². The van der Waals surface area contributed by atoms with Gasteiger partial charge in [-0.3, -0.25) is 9.59 Å². The van der Waals surface area contributed by atoms with Gasteiger partial charge in [0.1, 0.15) is 12.7 Å². The Kier molecular flexibility index (Phi) is 6.33. The SMILES string of the molecule is O=C(NCc1ccc(Cn2cncn2)cc1)c1ccccc1C(=O)c1ccc(Br)cc1. The van der Waals surface area contributed by atoms with Gasteiger partial charge < -0.3 is 5.32 Å². The number of carbonyl (C=O) groups excluding carboxylic acids is 2. The molecule has 0 fully saturated rings. The topological polar surface area (TPSA) is 76.9 Å². The van der Waals surface area contributed by atoms with Crippen LogP contribution in [-0.2, 0) is 13.1 Å². The molecule has 154 valence electrons. The summed E-state index contributed by atoms with van der Waals surface area (Å²) in [6.45, 7) is 1.00. The van der Waals surface area contributed by atoms with Gasteiger partial charge >= 0.3 is 0 Å². The molecule has 3 aromatic carbocycles. The van der Waals surface area contributed by atoms with Crippen molar-refractivity contribution >= 4 is 27.6 Å². The third-order valence-corrected chi connectivity index (χ3v) is 5.34. The van der Waals surface area contributed by atoms with Gasteiger partial charge in [0.05, 0.1) is 12.1 Å². The molecule has 0 spiro atoms. The first-order valence-corrected chi connectivity index (χ1v) is 10.5. The van der Waals surface area contributed by atoms with Gasteiger partial charge in [0.2, 0.25) is 0 Å². The highest BCUT2D eigenvalue weighted by Crippen LogP contribution is 2.17. The van der Waals surface area contributed by atoms with E-state index in [1.54, 1.807) is 47.4 Å². The number of halogens is 1. The molecular formula is C24H19BrN4O2. The molecule has 0 aliphatic carbocycles. The van der Waals surface area contributed by atoms with Crippen molar-refractivity contribution in [2.75, 3.05) is 0 Å². The van der Waals surface area contributed by atoms with Crippen molar-refractivity contribution in [2.45, 2.75) is 13.1 Å². The second-order valence-electron chi connectivity index (χ2n) is 6.97. The highest BCUT2D eigenvalue weighted by atomic mass is 79.9. The molecule has 0 bridgehead atoms. The Morgan fingerprint density at radius 1 is 0.871 bits per heavy atom. The number of amides is 1. The van der Waals surface area contributed by atoms with Crippen molar-refractivity contribution in [3.8, 4) is 0 Å². The zero-order valence-electron chi connectivity index (χ0n) is 16.5. The average molecular weight is 475 g/mol. The van der Waals surface area contributed by atoms with Gasteiger partial charge in [-0.1, -0.05) is 58.4 Å². The summed E-state index contributed by atoms with van der Waals surface area (Å²) in [7, 11) is 0. The predicted molar refractivity (Wildman–Crippen MR) is 121 cm³/mol. The quantitative estimate of drug-likeness (QED) is 0.406. The number of nitrogens with one attached hydrogen (secondary N) is 1. The lowest BCUT2D eigenvalue weighted by Gasteiger charge is -2.10. The first-order chi connectivity index (χ1) is 15.1. The van der Waals surface area contributed by atoms with E-state index in [4.69, 9.17) is 0 Å². The molecule has 1 aromatic heterocycles. The fourth-order valence-electron chi connectivity index (χ4n) is 3.18. The normalized spacial score (nSPS) is 10.6. The Morgan fingerprint density at radius 3 is 2.23 bits per heavy atom. The first-order valence-electron chi connectivity index (χ1n) is 9.68. The van der Waals surface area contributed by atoms with E-state index >= 15 is 0 Å². The number of ketones is 1. The Morgan fingerprint density at radius 2 is 1.55 bits per heavy atom. The van der Waals surface area contributed by atoms with Crippen LogP contribution in [0.4, 0.5) is 0 Å². The molecule has 1 heterocycles. The summed E-state index contributed by atoms with van der Waals surface area (Å²) in [5, 5.41) is 7.00. The summed E-state index contributed by atoms with van der Waals surface area (Å²) in [5.74, 6) is -0.469. The van der Waals surface area contributed by atoms with Crippen LogP contribution in [0, 0.1) is 0 Å². The Hall–Kier alpha value is -3.58. The molecule has 1 N–H and O–H groups in total. The van der Waals surface area contributed by atoms with Gasteiger partial charge in [-0.25, -0.2) is 9.67 Å². The fraction of sp³-hybridized carbons (Fsp3) is 0.0833. The molecule has 0 saturated carbocycles. The largest absolute Gasteiger partial charge is 0.348 e. The van der Waals surface area contributed by atoms with E-state index in [-0.39, 0.29) is 11.7 Å². The van der Waals surface area contributed by atoms with Gasteiger partial charge in [0, 0.05) is 22.1 Å². The van der Waals surface area contributed by atoms with E-state index in [2.05, 4.69) is 31.3 Å². The van der Waals surface area contributed by atoms with Gasteiger partial charge in [-0.2, -0.15) is 5.10 Å². The second-order valence-corrected chi connectivity index (χ2v) is 7.89. The summed E-state index contributed by atoms with van der Waals surface area (Å²) in [4.78, 5) is 29.7. The van der Waals surface area contributed by atoms with Crippen LogP contribution in [-0.4, -0.2) is 26.5 Å². The lowest BCUT2D eigenvalue weighted by Crippen LogP contribution is -2.25. The van der Waals surface area contributed by atoms with E-state index in [0.29, 0.717) is 29.8 Å². The molecule has 4 aromatic rings. The molecule has 31 heavy (non-hydrogen) atoms. The molecule has 0 aliphatic heterocycles. The minimum atomic E-state index is -0.284. The van der Waals surface area contributed by atoms with Crippen LogP contribution in [0.15, 0.2) is 89.9 Å². The minimum Gasteiger partial charge on any atom is -0.348 e. The number of carbonyl (C=O) groups is 2. The van der Waals surface area contributed by atoms with Crippen molar-refractivity contribution in [1.29, 1.82) is 0 Å². The lowest BCUT2D eigenvalue weighted by molar-refractivity contribution is 0.0939. The minimum absolute atomic E-state index is 0.185. The number of hydrogen-bond donors (Lipinski definition) is 1. The molecule has 0 atom stereocenters. The molecule has 4 rings (SSSR count). The third kappa shape index (κ3) is 5.13. The standard InChI is InChI=1S/C24H19BrN4O2/c25-20-11-9-19(10-12-20)23(30)21-3-1-2-4-22(21)24(31)27-13-17-5-7-18(8-6-17)14-29-16-26-15-28-29/h1-12,15-16H,13-14H2,(H,27,31). The molecule has 1 amide bonds. The molecule has 0 saturated heterocycles. The molecule has 0 aliphatic rings. The van der Waals surface area contributed by atoms with E-state index in [0.717, 1.165) is 15.6 Å². The number of nitrogens with zero attached hydrogens (tertiary/aromatic N) is 3. The number of benzene rings is 3. The van der Waals surface area contributed by atoms with Gasteiger partial charge in [0.25, 0.3) is 5.91 Å². The highest BCUT2D eigenvalue weighted by molar-refractivity contribution is 9.10. The van der Waals surface area contributed by atoms with E-state index < -0.39 is 0 Å². The van der Waals surface area contributed by atoms with Crippen LogP contribution in [0.3, 0.4) is 0 Å². The Bertz CT molecular complexity index is 1190. The van der Waals surface area contributed by atoms with Crippen LogP contribution in [0.2, 0.25) is 0 Å². The fourth-order valence-corrected chi connectivity index (χ4v) is 3.44. The van der Waals surface area contributed by atoms with Crippen molar-refractivity contribution in [1.82, 2.24) is 20.1 Å². The zero-order valence-corrected chi connectivity index (χ0v) is 18.1. The molecule has 6 nitrogen and oxygen atoms in total. The maximum Gasteiger partial charge on any atom is 0.252 e. The molecular weight excluding hydrogens is 456 g/mol.